The van der Waals surface area contributed by atoms with Crippen LogP contribution in [0.4, 0.5) is 0 Å². The summed E-state index contributed by atoms with van der Waals surface area (Å²) in [4.78, 5) is 0. The number of aryl methyl sites for hydroxylation is 3. The Morgan fingerprint density at radius 2 is 1.70 bits per heavy atom. The maximum atomic E-state index is 2.34. The van der Waals surface area contributed by atoms with Crippen LogP contribution in [0.1, 0.15) is 37.5 Å². The third-order valence-electron chi connectivity index (χ3n) is 3.62. The quantitative estimate of drug-likeness (QED) is 0.711. The van der Waals surface area contributed by atoms with Crippen molar-refractivity contribution >= 4 is 0 Å². The maximum absolute atomic E-state index is 2.34. The Morgan fingerprint density at radius 1 is 1.00 bits per heavy atom. The van der Waals surface area contributed by atoms with Crippen LogP contribution in [0.2, 0.25) is 0 Å². The van der Waals surface area contributed by atoms with Gasteiger partial charge in [0.15, 0.2) is 6.20 Å². The van der Waals surface area contributed by atoms with Gasteiger partial charge in [-0.3, -0.25) is 0 Å². The number of hydrogen-bond acceptors (Lipinski definition) is 0. The molecule has 1 aromatic heterocycles. The highest BCUT2D eigenvalue weighted by Gasteiger charge is 2.17. The van der Waals surface area contributed by atoms with Gasteiger partial charge < -0.3 is 0 Å². The SMILES string of the molecule is Cc1ccc(C)c(-c2cc(CC(C)(C)C)cc[n+]2C)c1. The van der Waals surface area contributed by atoms with Crippen molar-refractivity contribution in [2.24, 2.45) is 12.5 Å². The molecule has 0 spiro atoms. The third-order valence-corrected chi connectivity index (χ3v) is 3.62. The van der Waals surface area contributed by atoms with E-state index in [9.17, 15) is 0 Å². The van der Waals surface area contributed by atoms with Gasteiger partial charge in [0.1, 0.15) is 7.05 Å². The average molecular weight is 268 g/mol. The molecule has 0 amide bonds. The van der Waals surface area contributed by atoms with E-state index in [1.54, 1.807) is 0 Å². The van der Waals surface area contributed by atoms with Crippen LogP contribution in [-0.2, 0) is 13.5 Å². The molecule has 0 bridgehead atoms. The van der Waals surface area contributed by atoms with Crippen molar-refractivity contribution in [3.8, 4) is 11.3 Å². The van der Waals surface area contributed by atoms with Crippen molar-refractivity contribution in [1.82, 2.24) is 0 Å². The van der Waals surface area contributed by atoms with Crippen molar-refractivity contribution in [3.63, 3.8) is 0 Å². The summed E-state index contributed by atoms with van der Waals surface area (Å²) in [6.45, 7) is 11.2. The molecule has 2 aromatic rings. The topological polar surface area (TPSA) is 3.88 Å². The summed E-state index contributed by atoms with van der Waals surface area (Å²) in [5, 5.41) is 0. The molecule has 0 saturated heterocycles. The minimum Gasteiger partial charge on any atom is -0.201 e. The molecule has 0 N–H and O–H groups in total. The second kappa shape index (κ2) is 5.40. The molecule has 0 atom stereocenters. The monoisotopic (exact) mass is 268 g/mol. The number of aromatic nitrogens is 1. The molecule has 0 fully saturated rings. The largest absolute Gasteiger partial charge is 0.212 e. The van der Waals surface area contributed by atoms with Gasteiger partial charge >= 0.3 is 0 Å². The molecule has 1 heterocycles. The molecule has 0 aliphatic heterocycles. The van der Waals surface area contributed by atoms with E-state index in [0.717, 1.165) is 6.42 Å². The van der Waals surface area contributed by atoms with E-state index in [0.29, 0.717) is 5.41 Å². The molecule has 1 nitrogen and oxygen atoms in total. The predicted octanol–water partition coefficient (Wildman–Crippen LogP) is 4.38. The van der Waals surface area contributed by atoms with Gasteiger partial charge in [-0.2, -0.15) is 0 Å². The Hall–Kier alpha value is -1.63. The van der Waals surface area contributed by atoms with Gasteiger partial charge in [0.25, 0.3) is 0 Å². The Bertz CT molecular complexity index is 618. The smallest absolute Gasteiger partial charge is 0.201 e. The van der Waals surface area contributed by atoms with E-state index in [1.807, 2.05) is 0 Å². The average Bonchev–Trinajstić information content (AvgIpc) is 2.33. The fourth-order valence-electron chi connectivity index (χ4n) is 2.62. The minimum absolute atomic E-state index is 0.318. The van der Waals surface area contributed by atoms with Crippen molar-refractivity contribution in [2.45, 2.75) is 41.0 Å². The van der Waals surface area contributed by atoms with Gasteiger partial charge in [0.2, 0.25) is 5.69 Å². The summed E-state index contributed by atoms with van der Waals surface area (Å²) in [7, 11) is 2.12. The summed E-state index contributed by atoms with van der Waals surface area (Å²) >= 11 is 0. The van der Waals surface area contributed by atoms with Crippen molar-refractivity contribution < 1.29 is 4.57 Å². The summed E-state index contributed by atoms with van der Waals surface area (Å²) in [5.41, 5.74) is 7.01. The van der Waals surface area contributed by atoms with Crippen LogP contribution in [0.3, 0.4) is 0 Å². The van der Waals surface area contributed by atoms with Crippen molar-refractivity contribution in [3.05, 3.63) is 53.2 Å². The van der Waals surface area contributed by atoms with Crippen LogP contribution < -0.4 is 4.57 Å². The van der Waals surface area contributed by atoms with Crippen LogP contribution in [0.5, 0.6) is 0 Å². The molecule has 0 saturated carbocycles. The summed E-state index contributed by atoms with van der Waals surface area (Å²) in [6.07, 6.45) is 3.28. The standard InChI is InChI=1S/C19H26N/c1-14-7-8-15(2)17(11-14)18-12-16(9-10-20(18)6)13-19(3,4)5/h7-12H,13H2,1-6H3/q+1. The molecule has 1 aromatic carbocycles. The van der Waals surface area contributed by atoms with Gasteiger partial charge in [-0.15, -0.1) is 0 Å². The van der Waals surface area contributed by atoms with Gasteiger partial charge in [0, 0.05) is 17.7 Å². The first-order valence-corrected chi connectivity index (χ1v) is 7.32. The molecule has 106 valence electrons. The van der Waals surface area contributed by atoms with E-state index in [4.69, 9.17) is 0 Å². The highest BCUT2D eigenvalue weighted by Crippen LogP contribution is 2.25. The van der Waals surface area contributed by atoms with Crippen LogP contribution >= 0.6 is 0 Å². The van der Waals surface area contributed by atoms with Crippen LogP contribution in [0.15, 0.2) is 36.5 Å². The lowest BCUT2D eigenvalue weighted by Gasteiger charge is -2.18. The molecule has 0 unspecified atom stereocenters. The fraction of sp³-hybridized carbons (Fsp3) is 0.421. The molecule has 20 heavy (non-hydrogen) atoms. The zero-order valence-corrected chi connectivity index (χ0v) is 13.6. The molecular weight excluding hydrogens is 242 g/mol. The summed E-state index contributed by atoms with van der Waals surface area (Å²) in [6, 6.07) is 11.2. The fourth-order valence-corrected chi connectivity index (χ4v) is 2.62. The number of rotatable bonds is 2. The van der Waals surface area contributed by atoms with E-state index < -0.39 is 0 Å². The van der Waals surface area contributed by atoms with Gasteiger partial charge in [-0.25, -0.2) is 4.57 Å². The first-order chi connectivity index (χ1) is 9.26. The molecule has 1 heteroatoms. The molecule has 0 aliphatic rings. The summed E-state index contributed by atoms with van der Waals surface area (Å²) < 4.78 is 2.22. The zero-order valence-electron chi connectivity index (χ0n) is 13.6. The predicted molar refractivity (Wildman–Crippen MR) is 85.7 cm³/mol. The third kappa shape index (κ3) is 3.47. The lowest BCUT2D eigenvalue weighted by atomic mass is 9.88. The van der Waals surface area contributed by atoms with Crippen molar-refractivity contribution in [2.75, 3.05) is 0 Å². The first-order valence-electron chi connectivity index (χ1n) is 7.32. The van der Waals surface area contributed by atoms with Gasteiger partial charge in [-0.1, -0.05) is 38.5 Å². The minimum atomic E-state index is 0.318. The Labute approximate surface area is 123 Å². The highest BCUT2D eigenvalue weighted by molar-refractivity contribution is 5.62. The lowest BCUT2D eigenvalue weighted by molar-refractivity contribution is -0.660. The second-order valence-electron chi connectivity index (χ2n) is 7.09. The van der Waals surface area contributed by atoms with Crippen LogP contribution in [-0.4, -0.2) is 0 Å². The maximum Gasteiger partial charge on any atom is 0.212 e. The molecule has 0 aliphatic carbocycles. The first kappa shape index (κ1) is 14.8. The summed E-state index contributed by atoms with van der Waals surface area (Å²) in [5.74, 6) is 0. The zero-order chi connectivity index (χ0) is 14.9. The van der Waals surface area contributed by atoms with E-state index in [-0.39, 0.29) is 0 Å². The normalized spacial score (nSPS) is 11.7. The van der Waals surface area contributed by atoms with Crippen LogP contribution in [0.25, 0.3) is 11.3 Å². The number of nitrogens with zero attached hydrogens (tertiary/aromatic N) is 1. The highest BCUT2D eigenvalue weighted by atomic mass is 14.9. The Kier molecular flexibility index (Phi) is 3.99. The number of pyridine rings is 1. The Balaban J connectivity index is 2.50. The number of hydrogen-bond donors (Lipinski definition) is 0. The van der Waals surface area contributed by atoms with Gasteiger partial charge in [-0.05, 0) is 42.9 Å². The van der Waals surface area contributed by atoms with Gasteiger partial charge in [0.05, 0.1) is 0 Å². The Morgan fingerprint density at radius 3 is 2.35 bits per heavy atom. The lowest BCUT2D eigenvalue weighted by Crippen LogP contribution is -2.31. The molecular formula is C19H26N+. The van der Waals surface area contributed by atoms with Crippen molar-refractivity contribution in [1.29, 1.82) is 0 Å². The van der Waals surface area contributed by atoms with E-state index in [1.165, 1.54) is 27.9 Å². The molecule has 0 radical (unpaired) electrons. The second-order valence-corrected chi connectivity index (χ2v) is 7.09. The number of benzene rings is 1. The molecule has 2 rings (SSSR count). The van der Waals surface area contributed by atoms with E-state index >= 15 is 0 Å². The van der Waals surface area contributed by atoms with Crippen LogP contribution in [0, 0.1) is 19.3 Å². The van der Waals surface area contributed by atoms with E-state index in [2.05, 4.69) is 82.8 Å².